The lowest BCUT2D eigenvalue weighted by Crippen LogP contribution is -2.03. The zero-order valence-corrected chi connectivity index (χ0v) is 9.99. The van der Waals surface area contributed by atoms with E-state index in [1.165, 1.54) is 0 Å². The van der Waals surface area contributed by atoms with Crippen LogP contribution in [0.4, 0.5) is 0 Å². The summed E-state index contributed by atoms with van der Waals surface area (Å²) in [7, 11) is 0. The summed E-state index contributed by atoms with van der Waals surface area (Å²) in [6.45, 7) is 1.91. The molecule has 0 spiro atoms. The first kappa shape index (κ1) is 10.7. The molecule has 0 amide bonds. The Balaban J connectivity index is 2.10. The van der Waals surface area contributed by atoms with Crippen LogP contribution in [0.2, 0.25) is 0 Å². The summed E-state index contributed by atoms with van der Waals surface area (Å²) in [4.78, 5) is 0. The van der Waals surface area contributed by atoms with E-state index in [9.17, 15) is 0 Å². The summed E-state index contributed by atoms with van der Waals surface area (Å²) in [6.07, 6.45) is 1.77. The Kier molecular flexibility index (Phi) is 2.61. The Morgan fingerprint density at radius 2 is 1.72 bits per heavy atom. The summed E-state index contributed by atoms with van der Waals surface area (Å²) in [5.74, 6) is 0.726. The first-order valence-electron chi connectivity index (χ1n) is 5.75. The van der Waals surface area contributed by atoms with E-state index in [2.05, 4.69) is 27.4 Å². The maximum absolute atomic E-state index is 4.31. The minimum absolute atomic E-state index is 0.726. The van der Waals surface area contributed by atoms with Gasteiger partial charge in [-0.1, -0.05) is 30.3 Å². The highest BCUT2D eigenvalue weighted by Gasteiger charge is 2.07. The van der Waals surface area contributed by atoms with Gasteiger partial charge in [0.1, 0.15) is 0 Å². The SMILES string of the molecule is Cc1ccc(-n2nccc2-c2ccccc2)nn1. The predicted octanol–water partition coefficient (Wildman–Crippen LogP) is 2.64. The van der Waals surface area contributed by atoms with Gasteiger partial charge in [0, 0.05) is 5.56 Å². The lowest BCUT2D eigenvalue weighted by atomic mass is 10.1. The van der Waals surface area contributed by atoms with E-state index in [0.717, 1.165) is 22.8 Å². The lowest BCUT2D eigenvalue weighted by molar-refractivity contribution is 0.812. The summed E-state index contributed by atoms with van der Waals surface area (Å²) < 4.78 is 1.79. The predicted molar refractivity (Wildman–Crippen MR) is 69.3 cm³/mol. The van der Waals surface area contributed by atoms with Gasteiger partial charge in [-0.05, 0) is 25.1 Å². The summed E-state index contributed by atoms with van der Waals surface area (Å²) >= 11 is 0. The van der Waals surface area contributed by atoms with Crippen LogP contribution in [0.1, 0.15) is 5.69 Å². The van der Waals surface area contributed by atoms with Crippen molar-refractivity contribution in [2.45, 2.75) is 6.92 Å². The molecular formula is C14H12N4. The van der Waals surface area contributed by atoms with Gasteiger partial charge in [0.25, 0.3) is 0 Å². The lowest BCUT2D eigenvalue weighted by Gasteiger charge is -2.06. The molecule has 3 rings (SSSR count). The van der Waals surface area contributed by atoms with Crippen molar-refractivity contribution < 1.29 is 0 Å². The van der Waals surface area contributed by atoms with E-state index in [0.29, 0.717) is 0 Å². The normalized spacial score (nSPS) is 10.5. The molecule has 0 N–H and O–H groups in total. The third-order valence-electron chi connectivity index (χ3n) is 2.71. The Morgan fingerprint density at radius 1 is 0.889 bits per heavy atom. The van der Waals surface area contributed by atoms with E-state index in [-0.39, 0.29) is 0 Å². The minimum Gasteiger partial charge on any atom is -0.213 e. The Morgan fingerprint density at radius 3 is 2.44 bits per heavy atom. The molecule has 3 aromatic rings. The Labute approximate surface area is 105 Å². The molecule has 0 radical (unpaired) electrons. The molecule has 0 fully saturated rings. The quantitative estimate of drug-likeness (QED) is 0.687. The van der Waals surface area contributed by atoms with Gasteiger partial charge in [0.05, 0.1) is 17.6 Å². The Bertz CT molecular complexity index is 641. The molecule has 2 heterocycles. The van der Waals surface area contributed by atoms with Crippen LogP contribution in [-0.2, 0) is 0 Å². The molecule has 4 nitrogen and oxygen atoms in total. The highest BCUT2D eigenvalue weighted by atomic mass is 15.3. The van der Waals surface area contributed by atoms with Gasteiger partial charge in [-0.15, -0.1) is 5.10 Å². The van der Waals surface area contributed by atoms with Gasteiger partial charge in [0.2, 0.25) is 0 Å². The average Bonchev–Trinajstić information content (AvgIpc) is 2.90. The second-order valence-corrected chi connectivity index (χ2v) is 4.03. The molecule has 0 unspecified atom stereocenters. The van der Waals surface area contributed by atoms with Crippen molar-refractivity contribution in [3.63, 3.8) is 0 Å². The number of hydrogen-bond donors (Lipinski definition) is 0. The van der Waals surface area contributed by atoms with Crippen LogP contribution in [0, 0.1) is 6.92 Å². The van der Waals surface area contributed by atoms with Crippen LogP contribution in [0.3, 0.4) is 0 Å². The summed E-state index contributed by atoms with van der Waals surface area (Å²) in [5, 5.41) is 12.5. The van der Waals surface area contributed by atoms with Crippen molar-refractivity contribution in [2.24, 2.45) is 0 Å². The molecule has 4 heteroatoms. The number of aromatic nitrogens is 4. The van der Waals surface area contributed by atoms with Gasteiger partial charge < -0.3 is 0 Å². The third-order valence-corrected chi connectivity index (χ3v) is 2.71. The first-order chi connectivity index (χ1) is 8.84. The smallest absolute Gasteiger partial charge is 0.176 e. The van der Waals surface area contributed by atoms with Gasteiger partial charge in [0.15, 0.2) is 5.82 Å². The van der Waals surface area contributed by atoms with Gasteiger partial charge >= 0.3 is 0 Å². The molecule has 0 atom stereocenters. The van der Waals surface area contributed by atoms with Gasteiger partial charge in [-0.25, -0.2) is 4.68 Å². The fourth-order valence-corrected chi connectivity index (χ4v) is 1.82. The number of hydrogen-bond acceptors (Lipinski definition) is 3. The van der Waals surface area contributed by atoms with Crippen molar-refractivity contribution in [1.82, 2.24) is 20.0 Å². The molecule has 1 aromatic carbocycles. The average molecular weight is 236 g/mol. The molecular weight excluding hydrogens is 224 g/mol. The second-order valence-electron chi connectivity index (χ2n) is 4.03. The van der Waals surface area contributed by atoms with Crippen LogP contribution < -0.4 is 0 Å². The number of aryl methyl sites for hydroxylation is 1. The summed E-state index contributed by atoms with van der Waals surface area (Å²) in [5.41, 5.74) is 3.01. The Hall–Kier alpha value is -2.49. The van der Waals surface area contributed by atoms with E-state index in [1.54, 1.807) is 10.9 Å². The highest BCUT2D eigenvalue weighted by molar-refractivity contribution is 5.60. The standard InChI is InChI=1S/C14H12N4/c1-11-7-8-14(17-16-11)18-13(9-10-15-18)12-5-3-2-4-6-12/h2-10H,1H3. The fourth-order valence-electron chi connectivity index (χ4n) is 1.82. The van der Waals surface area contributed by atoms with Crippen LogP contribution in [-0.4, -0.2) is 20.0 Å². The van der Waals surface area contributed by atoms with Gasteiger partial charge in [-0.2, -0.15) is 10.2 Å². The van der Waals surface area contributed by atoms with Crippen molar-refractivity contribution in [3.8, 4) is 17.1 Å². The molecule has 2 aromatic heterocycles. The maximum Gasteiger partial charge on any atom is 0.176 e. The van der Waals surface area contributed by atoms with Crippen molar-refractivity contribution in [3.05, 3.63) is 60.4 Å². The first-order valence-corrected chi connectivity index (χ1v) is 5.75. The van der Waals surface area contributed by atoms with Crippen molar-refractivity contribution >= 4 is 0 Å². The van der Waals surface area contributed by atoms with Crippen LogP contribution in [0.25, 0.3) is 17.1 Å². The molecule has 0 saturated heterocycles. The van der Waals surface area contributed by atoms with E-state index in [1.807, 2.05) is 43.3 Å². The number of rotatable bonds is 2. The van der Waals surface area contributed by atoms with Crippen molar-refractivity contribution in [1.29, 1.82) is 0 Å². The molecule has 0 saturated carbocycles. The highest BCUT2D eigenvalue weighted by Crippen LogP contribution is 2.20. The molecule has 0 aliphatic carbocycles. The molecule has 0 aliphatic heterocycles. The van der Waals surface area contributed by atoms with Crippen molar-refractivity contribution in [2.75, 3.05) is 0 Å². The third kappa shape index (κ3) is 1.88. The fraction of sp³-hybridized carbons (Fsp3) is 0.0714. The minimum atomic E-state index is 0.726. The number of nitrogens with zero attached hydrogens (tertiary/aromatic N) is 4. The van der Waals surface area contributed by atoms with E-state index >= 15 is 0 Å². The largest absolute Gasteiger partial charge is 0.213 e. The maximum atomic E-state index is 4.31. The molecule has 0 bridgehead atoms. The summed E-state index contributed by atoms with van der Waals surface area (Å²) in [6, 6.07) is 15.9. The zero-order chi connectivity index (χ0) is 12.4. The monoisotopic (exact) mass is 236 g/mol. The van der Waals surface area contributed by atoms with Crippen LogP contribution >= 0.6 is 0 Å². The molecule has 0 aliphatic rings. The zero-order valence-electron chi connectivity index (χ0n) is 9.99. The topological polar surface area (TPSA) is 43.6 Å². The van der Waals surface area contributed by atoms with Gasteiger partial charge in [-0.3, -0.25) is 0 Å². The second kappa shape index (κ2) is 4.41. The molecule has 18 heavy (non-hydrogen) atoms. The molecule has 88 valence electrons. The number of benzene rings is 1. The van der Waals surface area contributed by atoms with Crippen LogP contribution in [0.5, 0.6) is 0 Å². The van der Waals surface area contributed by atoms with E-state index < -0.39 is 0 Å². The van der Waals surface area contributed by atoms with Crippen LogP contribution in [0.15, 0.2) is 54.7 Å². The van der Waals surface area contributed by atoms with E-state index in [4.69, 9.17) is 0 Å².